The fourth-order valence-electron chi connectivity index (χ4n) is 5.27. The molecule has 0 spiro atoms. The Labute approximate surface area is 188 Å². The molecule has 1 N–H and O–H groups in total. The summed E-state index contributed by atoms with van der Waals surface area (Å²) in [5.74, 6) is 0.749. The van der Waals surface area contributed by atoms with E-state index in [1.165, 1.54) is 11.1 Å². The van der Waals surface area contributed by atoms with Gasteiger partial charge in [-0.2, -0.15) is 0 Å². The fraction of sp³-hybridized carbons (Fsp3) is 0.500. The Morgan fingerprint density at radius 2 is 1.72 bits per heavy atom. The lowest BCUT2D eigenvalue weighted by Crippen LogP contribution is -2.60. The highest BCUT2D eigenvalue weighted by Crippen LogP contribution is 2.28. The molecule has 0 saturated carbocycles. The number of anilines is 1. The first-order chi connectivity index (χ1) is 15.7. The molecule has 8 nitrogen and oxygen atoms in total. The number of rotatable bonds is 4. The third-order valence-corrected chi connectivity index (χ3v) is 6.92. The molecule has 5 rings (SSSR count). The van der Waals surface area contributed by atoms with Crippen molar-refractivity contribution in [3.8, 4) is 0 Å². The maximum Gasteiger partial charge on any atom is 0.237 e. The first-order valence-electron chi connectivity index (χ1n) is 11.6. The highest BCUT2D eigenvalue weighted by Gasteiger charge is 2.39. The van der Waals surface area contributed by atoms with Crippen LogP contribution in [0.4, 0.5) is 5.95 Å². The number of nitrogens with one attached hydrogen (secondary N) is 1. The van der Waals surface area contributed by atoms with E-state index < -0.39 is 6.04 Å². The minimum Gasteiger partial charge on any atom is -0.353 e. The summed E-state index contributed by atoms with van der Waals surface area (Å²) in [7, 11) is 0. The van der Waals surface area contributed by atoms with Gasteiger partial charge in [0, 0.05) is 57.7 Å². The Balaban J connectivity index is 1.23. The molecular weight excluding hydrogens is 404 g/mol. The van der Waals surface area contributed by atoms with E-state index in [2.05, 4.69) is 49.4 Å². The second-order valence-electron chi connectivity index (χ2n) is 8.85. The van der Waals surface area contributed by atoms with Crippen LogP contribution in [0.25, 0.3) is 0 Å². The molecule has 8 heteroatoms. The van der Waals surface area contributed by atoms with Crippen molar-refractivity contribution in [1.82, 2.24) is 25.1 Å². The number of benzene rings is 1. The van der Waals surface area contributed by atoms with Crippen molar-refractivity contribution in [3.63, 3.8) is 0 Å². The smallest absolute Gasteiger partial charge is 0.237 e. The van der Waals surface area contributed by atoms with Gasteiger partial charge in [-0.25, -0.2) is 9.97 Å². The maximum atomic E-state index is 13.3. The average Bonchev–Trinajstić information content (AvgIpc) is 3.09. The van der Waals surface area contributed by atoms with Crippen molar-refractivity contribution in [1.29, 1.82) is 0 Å². The van der Waals surface area contributed by atoms with Crippen LogP contribution >= 0.6 is 0 Å². The largest absolute Gasteiger partial charge is 0.353 e. The quantitative estimate of drug-likeness (QED) is 0.769. The summed E-state index contributed by atoms with van der Waals surface area (Å²) < 4.78 is 0. The summed E-state index contributed by atoms with van der Waals surface area (Å²) in [5.41, 5.74) is 2.73. The predicted molar refractivity (Wildman–Crippen MR) is 121 cm³/mol. The van der Waals surface area contributed by atoms with Gasteiger partial charge in [-0.15, -0.1) is 0 Å². The average molecular weight is 435 g/mol. The highest BCUT2D eigenvalue weighted by atomic mass is 16.2. The summed E-state index contributed by atoms with van der Waals surface area (Å²) in [6, 6.07) is 10.2. The van der Waals surface area contributed by atoms with Gasteiger partial charge >= 0.3 is 0 Å². The molecule has 1 aromatic carbocycles. The molecule has 1 aromatic heterocycles. The molecule has 3 aliphatic rings. The van der Waals surface area contributed by atoms with Crippen LogP contribution in [-0.4, -0.2) is 82.9 Å². The van der Waals surface area contributed by atoms with E-state index in [0.717, 1.165) is 32.4 Å². The van der Waals surface area contributed by atoms with Crippen molar-refractivity contribution in [2.45, 2.75) is 37.8 Å². The van der Waals surface area contributed by atoms with E-state index in [1.54, 1.807) is 18.5 Å². The first-order valence-corrected chi connectivity index (χ1v) is 11.6. The third-order valence-electron chi connectivity index (χ3n) is 6.92. The van der Waals surface area contributed by atoms with Crippen molar-refractivity contribution >= 4 is 17.8 Å². The normalized spacial score (nSPS) is 22.4. The van der Waals surface area contributed by atoms with E-state index >= 15 is 0 Å². The minimum atomic E-state index is -0.396. The molecule has 2 fully saturated rings. The second kappa shape index (κ2) is 9.24. The number of carbonyl (C=O) groups excluding carboxylic acids is 2. The number of aromatic nitrogens is 2. The summed E-state index contributed by atoms with van der Waals surface area (Å²) >= 11 is 0. The molecule has 2 saturated heterocycles. The van der Waals surface area contributed by atoms with Crippen LogP contribution in [0.1, 0.15) is 24.0 Å². The number of hydrogen-bond donors (Lipinski definition) is 1. The molecule has 1 unspecified atom stereocenters. The van der Waals surface area contributed by atoms with Crippen LogP contribution in [0.15, 0.2) is 42.7 Å². The fourth-order valence-corrected chi connectivity index (χ4v) is 5.27. The first kappa shape index (κ1) is 20.9. The summed E-state index contributed by atoms with van der Waals surface area (Å²) in [4.78, 5) is 41.1. The zero-order chi connectivity index (χ0) is 21.9. The van der Waals surface area contributed by atoms with Crippen molar-refractivity contribution in [3.05, 3.63) is 53.9 Å². The molecule has 0 bridgehead atoms. The summed E-state index contributed by atoms with van der Waals surface area (Å²) in [5, 5.41) is 2.98. The molecular formula is C24H30N6O2. The van der Waals surface area contributed by atoms with Crippen LogP contribution in [-0.2, 0) is 22.4 Å². The van der Waals surface area contributed by atoms with Crippen LogP contribution in [0.3, 0.4) is 0 Å². The van der Waals surface area contributed by atoms with Gasteiger partial charge in [-0.3, -0.25) is 14.5 Å². The van der Waals surface area contributed by atoms with Gasteiger partial charge in [0.2, 0.25) is 17.8 Å². The van der Waals surface area contributed by atoms with E-state index in [1.807, 2.05) is 4.90 Å². The Morgan fingerprint density at radius 1 is 0.969 bits per heavy atom. The van der Waals surface area contributed by atoms with E-state index in [4.69, 9.17) is 0 Å². The summed E-state index contributed by atoms with van der Waals surface area (Å²) in [6.45, 7) is 4.29. The SMILES string of the molecule is O=C1NCCN(C2Cc3ccccc3C2)C1CC(=O)N1CCCN(c2ncccn2)CC1. The Hall–Kier alpha value is -3.00. The van der Waals surface area contributed by atoms with Crippen LogP contribution < -0.4 is 10.2 Å². The lowest BCUT2D eigenvalue weighted by Gasteiger charge is -2.39. The Morgan fingerprint density at radius 3 is 2.47 bits per heavy atom. The molecule has 1 aliphatic carbocycles. The van der Waals surface area contributed by atoms with Crippen molar-refractivity contribution in [2.75, 3.05) is 44.2 Å². The van der Waals surface area contributed by atoms with E-state index in [0.29, 0.717) is 32.1 Å². The van der Waals surface area contributed by atoms with Crippen LogP contribution in [0.2, 0.25) is 0 Å². The standard InChI is InChI=1S/C24H30N6O2/c31-22(28-10-4-11-29(14-13-28)24-26-7-3-8-27-24)17-21-23(32)25-9-12-30(21)20-15-18-5-1-2-6-19(18)16-20/h1-3,5-8,20-21H,4,9-17H2,(H,25,32). The second-order valence-corrected chi connectivity index (χ2v) is 8.85. The highest BCUT2D eigenvalue weighted by molar-refractivity contribution is 5.89. The summed E-state index contributed by atoms with van der Waals surface area (Å²) in [6.07, 6.45) is 6.48. The van der Waals surface area contributed by atoms with E-state index in [9.17, 15) is 9.59 Å². The number of amides is 2. The van der Waals surface area contributed by atoms with Gasteiger partial charge in [0.15, 0.2) is 0 Å². The number of nitrogens with zero attached hydrogens (tertiary/aromatic N) is 5. The molecule has 2 amide bonds. The van der Waals surface area contributed by atoms with Gasteiger partial charge in [0.1, 0.15) is 0 Å². The Kier molecular flexibility index (Phi) is 6.03. The van der Waals surface area contributed by atoms with E-state index in [-0.39, 0.29) is 24.3 Å². The molecule has 0 radical (unpaired) electrons. The number of fused-ring (bicyclic) bond motifs is 1. The molecule has 2 aliphatic heterocycles. The molecule has 1 atom stereocenters. The van der Waals surface area contributed by atoms with Gasteiger partial charge in [-0.05, 0) is 36.5 Å². The van der Waals surface area contributed by atoms with Gasteiger partial charge in [-0.1, -0.05) is 24.3 Å². The van der Waals surface area contributed by atoms with Gasteiger partial charge in [0.05, 0.1) is 12.5 Å². The Bertz CT molecular complexity index is 943. The van der Waals surface area contributed by atoms with Crippen LogP contribution in [0, 0.1) is 0 Å². The van der Waals surface area contributed by atoms with Gasteiger partial charge in [0.25, 0.3) is 0 Å². The lowest BCUT2D eigenvalue weighted by atomic mass is 10.0. The van der Waals surface area contributed by atoms with Crippen LogP contribution in [0.5, 0.6) is 0 Å². The number of hydrogen-bond acceptors (Lipinski definition) is 6. The number of piperazine rings is 1. The zero-order valence-electron chi connectivity index (χ0n) is 18.3. The van der Waals surface area contributed by atoms with Crippen molar-refractivity contribution in [2.24, 2.45) is 0 Å². The monoisotopic (exact) mass is 434 g/mol. The predicted octanol–water partition coefficient (Wildman–Crippen LogP) is 0.873. The lowest BCUT2D eigenvalue weighted by molar-refractivity contribution is -0.139. The van der Waals surface area contributed by atoms with Gasteiger partial charge < -0.3 is 15.1 Å². The maximum absolute atomic E-state index is 13.3. The molecule has 3 heterocycles. The molecule has 32 heavy (non-hydrogen) atoms. The number of carbonyl (C=O) groups is 2. The van der Waals surface area contributed by atoms with Crippen molar-refractivity contribution < 1.29 is 9.59 Å². The molecule has 168 valence electrons. The third kappa shape index (κ3) is 4.32. The minimum absolute atomic E-state index is 0.0188. The zero-order valence-corrected chi connectivity index (χ0v) is 18.3. The topological polar surface area (TPSA) is 81.7 Å². The molecule has 2 aromatic rings.